The number of hydrogen-bond donors (Lipinski definition) is 2. The van der Waals surface area contributed by atoms with Gasteiger partial charge in [0.1, 0.15) is 0 Å². The van der Waals surface area contributed by atoms with Gasteiger partial charge < -0.3 is 16.4 Å². The molecule has 2 atom stereocenters. The number of carbonyl (C=O) groups excluding carboxylic acids is 2. The predicted octanol–water partition coefficient (Wildman–Crippen LogP) is 0.181. The van der Waals surface area contributed by atoms with Gasteiger partial charge in [-0.15, -0.1) is 11.8 Å². The van der Waals surface area contributed by atoms with Crippen molar-refractivity contribution in [2.24, 2.45) is 17.4 Å². The van der Waals surface area contributed by atoms with Crippen LogP contribution in [-0.4, -0.2) is 47.4 Å². The average Bonchev–Trinajstić information content (AvgIpc) is 2.36. The van der Waals surface area contributed by atoms with E-state index in [-0.39, 0.29) is 17.7 Å². The van der Waals surface area contributed by atoms with Crippen LogP contribution < -0.4 is 11.5 Å². The minimum absolute atomic E-state index is 0.106. The first-order valence-corrected chi connectivity index (χ1v) is 7.48. The van der Waals surface area contributed by atoms with Crippen LogP contribution in [0.5, 0.6) is 0 Å². The fourth-order valence-electron chi connectivity index (χ4n) is 2.06. The standard InChI is InChI=1S/C12H23N3O2S/c1-9(4-5-13)18-8-11(16)15-6-2-3-10(7-15)12(14)17/h9-10H,2-8,13H2,1H3,(H2,14,17). The van der Waals surface area contributed by atoms with Crippen molar-refractivity contribution in [1.29, 1.82) is 0 Å². The lowest BCUT2D eigenvalue weighted by Crippen LogP contribution is -2.44. The number of piperidine rings is 1. The molecule has 5 nitrogen and oxygen atoms in total. The summed E-state index contributed by atoms with van der Waals surface area (Å²) in [6.07, 6.45) is 2.58. The maximum absolute atomic E-state index is 12.0. The Morgan fingerprint density at radius 3 is 2.83 bits per heavy atom. The Labute approximate surface area is 113 Å². The molecule has 1 saturated heterocycles. The van der Waals surface area contributed by atoms with Crippen LogP contribution in [0.15, 0.2) is 0 Å². The number of rotatable bonds is 6. The largest absolute Gasteiger partial charge is 0.369 e. The Kier molecular flexibility index (Phi) is 6.49. The van der Waals surface area contributed by atoms with Crippen LogP contribution in [0.25, 0.3) is 0 Å². The number of likely N-dealkylation sites (tertiary alicyclic amines) is 1. The van der Waals surface area contributed by atoms with Gasteiger partial charge in [0.2, 0.25) is 11.8 Å². The van der Waals surface area contributed by atoms with E-state index in [0.717, 1.165) is 25.8 Å². The summed E-state index contributed by atoms with van der Waals surface area (Å²) in [5.41, 5.74) is 10.8. The van der Waals surface area contributed by atoms with Gasteiger partial charge in [-0.05, 0) is 25.8 Å². The Morgan fingerprint density at radius 1 is 1.50 bits per heavy atom. The zero-order valence-electron chi connectivity index (χ0n) is 10.9. The molecule has 1 aliphatic rings. The fourth-order valence-corrected chi connectivity index (χ4v) is 2.97. The quantitative estimate of drug-likeness (QED) is 0.722. The van der Waals surface area contributed by atoms with Crippen molar-refractivity contribution < 1.29 is 9.59 Å². The fraction of sp³-hybridized carbons (Fsp3) is 0.833. The highest BCUT2D eigenvalue weighted by atomic mass is 32.2. The van der Waals surface area contributed by atoms with Gasteiger partial charge in [-0.3, -0.25) is 9.59 Å². The summed E-state index contributed by atoms with van der Waals surface area (Å²) in [6, 6.07) is 0. The lowest BCUT2D eigenvalue weighted by molar-refractivity contribution is -0.132. The van der Waals surface area contributed by atoms with Crippen molar-refractivity contribution >= 4 is 23.6 Å². The number of amides is 2. The number of hydrogen-bond acceptors (Lipinski definition) is 4. The highest BCUT2D eigenvalue weighted by Crippen LogP contribution is 2.19. The molecule has 0 spiro atoms. The predicted molar refractivity (Wildman–Crippen MR) is 74.1 cm³/mol. The number of thioether (sulfide) groups is 1. The molecular weight excluding hydrogens is 250 g/mol. The summed E-state index contributed by atoms with van der Waals surface area (Å²) < 4.78 is 0. The summed E-state index contributed by atoms with van der Waals surface area (Å²) >= 11 is 1.62. The highest BCUT2D eigenvalue weighted by Gasteiger charge is 2.26. The molecule has 2 unspecified atom stereocenters. The Hall–Kier alpha value is -0.750. The molecular formula is C12H23N3O2S. The number of primary amides is 1. The molecule has 104 valence electrons. The minimum Gasteiger partial charge on any atom is -0.369 e. The SMILES string of the molecule is CC(CCN)SCC(=O)N1CCCC(C(N)=O)C1. The molecule has 18 heavy (non-hydrogen) atoms. The topological polar surface area (TPSA) is 89.4 Å². The van der Waals surface area contributed by atoms with E-state index in [9.17, 15) is 9.59 Å². The summed E-state index contributed by atoms with van der Waals surface area (Å²) in [5, 5.41) is 0.399. The second-order valence-electron chi connectivity index (χ2n) is 4.78. The number of nitrogens with zero attached hydrogens (tertiary/aromatic N) is 1. The normalized spacial score (nSPS) is 21.7. The molecule has 0 aromatic carbocycles. The molecule has 1 heterocycles. The van der Waals surface area contributed by atoms with Crippen LogP contribution in [0.3, 0.4) is 0 Å². The molecule has 1 aliphatic heterocycles. The average molecular weight is 273 g/mol. The van der Waals surface area contributed by atoms with Crippen LogP contribution in [-0.2, 0) is 9.59 Å². The zero-order chi connectivity index (χ0) is 13.5. The minimum atomic E-state index is -0.295. The highest BCUT2D eigenvalue weighted by molar-refractivity contribution is 8.00. The van der Waals surface area contributed by atoms with Gasteiger partial charge >= 0.3 is 0 Å². The van der Waals surface area contributed by atoms with Gasteiger partial charge in [0.15, 0.2) is 0 Å². The summed E-state index contributed by atoms with van der Waals surface area (Å²) in [4.78, 5) is 24.9. The monoisotopic (exact) mass is 273 g/mol. The Balaban J connectivity index is 2.34. The van der Waals surface area contributed by atoms with Gasteiger partial charge in [-0.25, -0.2) is 0 Å². The van der Waals surface area contributed by atoms with E-state index >= 15 is 0 Å². The summed E-state index contributed by atoms with van der Waals surface area (Å²) in [6.45, 7) is 3.96. The van der Waals surface area contributed by atoms with Gasteiger partial charge in [-0.1, -0.05) is 6.92 Å². The Bertz CT molecular complexity index is 299. The Morgan fingerprint density at radius 2 is 2.22 bits per heavy atom. The molecule has 0 radical (unpaired) electrons. The van der Waals surface area contributed by atoms with Crippen LogP contribution >= 0.6 is 11.8 Å². The molecule has 1 rings (SSSR count). The van der Waals surface area contributed by atoms with Crippen molar-refractivity contribution in [1.82, 2.24) is 4.90 Å². The molecule has 0 aromatic rings. The second-order valence-corrected chi connectivity index (χ2v) is 6.21. The van der Waals surface area contributed by atoms with Crippen LogP contribution in [0, 0.1) is 5.92 Å². The molecule has 0 aromatic heterocycles. The first kappa shape index (κ1) is 15.3. The van der Waals surface area contributed by atoms with Crippen molar-refractivity contribution in [3.05, 3.63) is 0 Å². The number of carbonyl (C=O) groups is 2. The number of nitrogens with two attached hydrogens (primary N) is 2. The molecule has 1 fully saturated rings. The van der Waals surface area contributed by atoms with Crippen LogP contribution in [0.1, 0.15) is 26.2 Å². The molecule has 0 aliphatic carbocycles. The first-order chi connectivity index (χ1) is 8.54. The van der Waals surface area contributed by atoms with E-state index in [2.05, 4.69) is 6.92 Å². The molecule has 0 bridgehead atoms. The summed E-state index contributed by atoms with van der Waals surface area (Å²) in [7, 11) is 0. The van der Waals surface area contributed by atoms with E-state index in [1.165, 1.54) is 0 Å². The van der Waals surface area contributed by atoms with Crippen molar-refractivity contribution in [2.75, 3.05) is 25.4 Å². The lowest BCUT2D eigenvalue weighted by Gasteiger charge is -2.31. The maximum atomic E-state index is 12.0. The van der Waals surface area contributed by atoms with Gasteiger partial charge in [0.25, 0.3) is 0 Å². The van der Waals surface area contributed by atoms with E-state index < -0.39 is 0 Å². The first-order valence-electron chi connectivity index (χ1n) is 6.43. The van der Waals surface area contributed by atoms with Crippen LogP contribution in [0.2, 0.25) is 0 Å². The van der Waals surface area contributed by atoms with E-state index in [1.54, 1.807) is 16.7 Å². The van der Waals surface area contributed by atoms with Gasteiger partial charge in [0, 0.05) is 18.3 Å². The third-order valence-electron chi connectivity index (χ3n) is 3.24. The molecule has 6 heteroatoms. The lowest BCUT2D eigenvalue weighted by atomic mass is 9.97. The van der Waals surface area contributed by atoms with E-state index in [4.69, 9.17) is 11.5 Å². The van der Waals surface area contributed by atoms with Crippen LogP contribution in [0.4, 0.5) is 0 Å². The van der Waals surface area contributed by atoms with E-state index in [0.29, 0.717) is 24.1 Å². The van der Waals surface area contributed by atoms with Gasteiger partial charge in [0.05, 0.1) is 11.7 Å². The van der Waals surface area contributed by atoms with Crippen molar-refractivity contribution in [2.45, 2.75) is 31.4 Å². The zero-order valence-corrected chi connectivity index (χ0v) is 11.7. The van der Waals surface area contributed by atoms with E-state index in [1.807, 2.05) is 0 Å². The third-order valence-corrected chi connectivity index (χ3v) is 4.46. The van der Waals surface area contributed by atoms with Gasteiger partial charge in [-0.2, -0.15) is 0 Å². The molecule has 2 amide bonds. The van der Waals surface area contributed by atoms with Crippen molar-refractivity contribution in [3.8, 4) is 0 Å². The molecule has 4 N–H and O–H groups in total. The third kappa shape index (κ3) is 4.86. The summed E-state index contributed by atoms with van der Waals surface area (Å²) in [5.74, 6) is 0.104. The molecule has 0 saturated carbocycles. The second kappa shape index (κ2) is 7.63. The smallest absolute Gasteiger partial charge is 0.232 e. The maximum Gasteiger partial charge on any atom is 0.232 e. The van der Waals surface area contributed by atoms with Crippen molar-refractivity contribution in [3.63, 3.8) is 0 Å².